The first kappa shape index (κ1) is 21.3. The molecule has 7 nitrogen and oxygen atoms in total. The molecule has 0 N–H and O–H groups in total. The summed E-state index contributed by atoms with van der Waals surface area (Å²) < 4.78 is 12.0. The Kier molecular flexibility index (Phi) is 5.30. The van der Waals surface area contributed by atoms with E-state index in [1.165, 1.54) is 16.9 Å². The molecule has 0 aliphatic rings. The molecule has 0 bridgehead atoms. The molecular formula is C27H20N2O5. The maximum absolute atomic E-state index is 13.6. The number of carbonyl (C=O) groups excluding carboxylic acids is 2. The molecule has 0 amide bonds. The van der Waals surface area contributed by atoms with Crippen molar-refractivity contribution in [3.05, 3.63) is 106 Å². The Hall–Kier alpha value is -4.52. The van der Waals surface area contributed by atoms with Crippen LogP contribution >= 0.6 is 0 Å². The van der Waals surface area contributed by atoms with Gasteiger partial charge in [-0.05, 0) is 48.9 Å². The fraction of sp³-hybridized carbons (Fsp3) is 0.111. The summed E-state index contributed by atoms with van der Waals surface area (Å²) in [4.78, 5) is 38.9. The van der Waals surface area contributed by atoms with Crippen LogP contribution in [0, 0.1) is 6.92 Å². The molecule has 0 spiro atoms. The van der Waals surface area contributed by atoms with Gasteiger partial charge in [-0.1, -0.05) is 48.0 Å². The second-order valence-electron chi connectivity index (χ2n) is 7.87. The molecule has 7 heteroatoms. The van der Waals surface area contributed by atoms with E-state index in [9.17, 15) is 14.4 Å². The minimum Gasteiger partial charge on any atom is -0.461 e. The summed E-state index contributed by atoms with van der Waals surface area (Å²) in [5.41, 5.74) is 0.922. The van der Waals surface area contributed by atoms with Gasteiger partial charge in [0.25, 0.3) is 0 Å². The van der Waals surface area contributed by atoms with Crippen molar-refractivity contribution in [1.82, 2.24) is 9.78 Å². The fourth-order valence-electron chi connectivity index (χ4n) is 3.89. The van der Waals surface area contributed by atoms with Crippen molar-refractivity contribution in [2.75, 3.05) is 6.61 Å². The van der Waals surface area contributed by atoms with Gasteiger partial charge < -0.3 is 9.15 Å². The van der Waals surface area contributed by atoms with Crippen molar-refractivity contribution >= 4 is 33.5 Å². The Balaban J connectivity index is 1.68. The zero-order valence-electron chi connectivity index (χ0n) is 18.6. The molecule has 168 valence electrons. The van der Waals surface area contributed by atoms with Crippen LogP contribution in [0.2, 0.25) is 0 Å². The van der Waals surface area contributed by atoms with Crippen LogP contribution in [-0.2, 0) is 4.74 Å². The number of ether oxygens (including phenoxy) is 1. The molecule has 0 fully saturated rings. The first-order valence-electron chi connectivity index (χ1n) is 10.8. The van der Waals surface area contributed by atoms with E-state index in [1.807, 2.05) is 61.5 Å². The van der Waals surface area contributed by atoms with E-state index in [0.29, 0.717) is 16.7 Å². The highest BCUT2D eigenvalue weighted by Crippen LogP contribution is 2.26. The summed E-state index contributed by atoms with van der Waals surface area (Å²) in [5.74, 6) is -1.41. The monoisotopic (exact) mass is 452 g/mol. The lowest BCUT2D eigenvalue weighted by molar-refractivity contribution is 0.0516. The summed E-state index contributed by atoms with van der Waals surface area (Å²) in [7, 11) is 0. The lowest BCUT2D eigenvalue weighted by atomic mass is 10.0. The van der Waals surface area contributed by atoms with Gasteiger partial charge >= 0.3 is 11.6 Å². The molecule has 3 aromatic carbocycles. The van der Waals surface area contributed by atoms with E-state index in [-0.39, 0.29) is 23.4 Å². The molecule has 0 atom stereocenters. The molecule has 5 rings (SSSR count). The maximum atomic E-state index is 13.6. The zero-order valence-corrected chi connectivity index (χ0v) is 18.6. The Labute approximate surface area is 194 Å². The molecule has 0 saturated carbocycles. The van der Waals surface area contributed by atoms with Crippen LogP contribution in [-0.4, -0.2) is 28.1 Å². The minimum atomic E-state index is -0.786. The lowest BCUT2D eigenvalue weighted by Gasteiger charge is -2.05. The Bertz CT molecular complexity index is 1630. The van der Waals surface area contributed by atoms with Crippen molar-refractivity contribution in [1.29, 1.82) is 0 Å². The van der Waals surface area contributed by atoms with Crippen LogP contribution in [0.5, 0.6) is 0 Å². The SMILES string of the molecule is CCOC(=O)c1nn(-c2ccc(C)cc2)cc1C(=O)c1cc2c(ccc3ccccc32)oc1=O. The number of benzene rings is 3. The van der Waals surface area contributed by atoms with E-state index in [2.05, 4.69) is 5.10 Å². The third-order valence-corrected chi connectivity index (χ3v) is 5.61. The van der Waals surface area contributed by atoms with Crippen LogP contribution in [0.15, 0.2) is 82.1 Å². The quantitative estimate of drug-likeness (QED) is 0.164. The van der Waals surface area contributed by atoms with E-state index < -0.39 is 17.4 Å². The predicted octanol–water partition coefficient (Wildman–Crippen LogP) is 4.85. The maximum Gasteiger partial charge on any atom is 0.359 e. The molecule has 0 aliphatic carbocycles. The standard InChI is InChI=1S/C27H20N2O5/c1-3-33-27(32)24-22(15-29(28-24)18-11-8-16(2)9-12-18)25(30)21-14-20-19-7-5-4-6-17(19)10-13-23(20)34-26(21)31/h4-15H,3H2,1-2H3. The Morgan fingerprint density at radius 2 is 1.74 bits per heavy atom. The summed E-state index contributed by atoms with van der Waals surface area (Å²) in [5, 5.41) is 6.73. The number of aromatic nitrogens is 2. The number of esters is 1. The van der Waals surface area contributed by atoms with Crippen molar-refractivity contribution in [2.45, 2.75) is 13.8 Å². The zero-order chi connectivity index (χ0) is 23.8. The number of rotatable bonds is 5. The van der Waals surface area contributed by atoms with Crippen molar-refractivity contribution in [3.8, 4) is 5.69 Å². The van der Waals surface area contributed by atoms with Gasteiger partial charge in [0.2, 0.25) is 5.78 Å². The molecule has 0 radical (unpaired) electrons. The largest absolute Gasteiger partial charge is 0.461 e. The van der Waals surface area contributed by atoms with Crippen LogP contribution < -0.4 is 5.63 Å². The number of aryl methyl sites for hydroxylation is 1. The fourth-order valence-corrected chi connectivity index (χ4v) is 3.89. The molecule has 2 heterocycles. The van der Waals surface area contributed by atoms with E-state index in [0.717, 1.165) is 16.3 Å². The summed E-state index contributed by atoms with van der Waals surface area (Å²) in [6, 6.07) is 20.1. The van der Waals surface area contributed by atoms with Crippen LogP contribution in [0.4, 0.5) is 0 Å². The molecule has 0 saturated heterocycles. The van der Waals surface area contributed by atoms with Gasteiger partial charge in [0.1, 0.15) is 11.1 Å². The number of hydrogen-bond donors (Lipinski definition) is 0. The van der Waals surface area contributed by atoms with E-state index in [1.54, 1.807) is 13.0 Å². The van der Waals surface area contributed by atoms with Gasteiger partial charge in [0, 0.05) is 11.6 Å². The normalized spacial score (nSPS) is 11.1. The second-order valence-corrected chi connectivity index (χ2v) is 7.87. The average molecular weight is 452 g/mol. The van der Waals surface area contributed by atoms with Crippen LogP contribution in [0.25, 0.3) is 27.4 Å². The van der Waals surface area contributed by atoms with E-state index in [4.69, 9.17) is 9.15 Å². The molecule has 5 aromatic rings. The number of carbonyl (C=O) groups is 2. The smallest absolute Gasteiger partial charge is 0.359 e. The molecule has 0 unspecified atom stereocenters. The second kappa shape index (κ2) is 8.44. The van der Waals surface area contributed by atoms with Gasteiger partial charge in [0.15, 0.2) is 5.69 Å². The number of nitrogens with zero attached hydrogens (tertiary/aromatic N) is 2. The van der Waals surface area contributed by atoms with Gasteiger partial charge in [-0.3, -0.25) is 4.79 Å². The van der Waals surface area contributed by atoms with Gasteiger partial charge in [-0.2, -0.15) is 5.10 Å². The highest BCUT2D eigenvalue weighted by Gasteiger charge is 2.27. The molecule has 34 heavy (non-hydrogen) atoms. The lowest BCUT2D eigenvalue weighted by Crippen LogP contribution is -2.17. The van der Waals surface area contributed by atoms with Crippen LogP contribution in [0.3, 0.4) is 0 Å². The van der Waals surface area contributed by atoms with Crippen LogP contribution in [0.1, 0.15) is 38.9 Å². The highest BCUT2D eigenvalue weighted by atomic mass is 16.5. The highest BCUT2D eigenvalue weighted by molar-refractivity contribution is 6.16. The van der Waals surface area contributed by atoms with E-state index >= 15 is 0 Å². The summed E-state index contributed by atoms with van der Waals surface area (Å²) in [6.07, 6.45) is 1.44. The minimum absolute atomic E-state index is 0.0362. The Morgan fingerprint density at radius 1 is 0.971 bits per heavy atom. The van der Waals surface area contributed by atoms with Crippen molar-refractivity contribution in [2.24, 2.45) is 0 Å². The topological polar surface area (TPSA) is 91.4 Å². The average Bonchev–Trinajstić information content (AvgIpc) is 3.29. The number of ketones is 1. The van der Waals surface area contributed by atoms with Crippen molar-refractivity contribution < 1.29 is 18.7 Å². The number of fused-ring (bicyclic) bond motifs is 3. The first-order chi connectivity index (χ1) is 16.5. The molecular weight excluding hydrogens is 432 g/mol. The molecule has 2 aromatic heterocycles. The van der Waals surface area contributed by atoms with Crippen molar-refractivity contribution in [3.63, 3.8) is 0 Å². The first-order valence-corrected chi connectivity index (χ1v) is 10.8. The van der Waals surface area contributed by atoms with Gasteiger partial charge in [0.05, 0.1) is 17.9 Å². The van der Waals surface area contributed by atoms with Gasteiger partial charge in [-0.25, -0.2) is 14.3 Å². The molecule has 0 aliphatic heterocycles. The third-order valence-electron chi connectivity index (χ3n) is 5.61. The summed E-state index contributed by atoms with van der Waals surface area (Å²) in [6.45, 7) is 3.74. The third kappa shape index (κ3) is 3.67. The predicted molar refractivity (Wildman–Crippen MR) is 128 cm³/mol. The van der Waals surface area contributed by atoms with Gasteiger partial charge in [-0.15, -0.1) is 0 Å². The number of hydrogen-bond acceptors (Lipinski definition) is 6. The summed E-state index contributed by atoms with van der Waals surface area (Å²) >= 11 is 0. The Morgan fingerprint density at radius 3 is 2.50 bits per heavy atom.